The van der Waals surface area contributed by atoms with Crippen molar-refractivity contribution in [2.75, 3.05) is 20.7 Å². The summed E-state index contributed by atoms with van der Waals surface area (Å²) in [6.07, 6.45) is 10.0. The van der Waals surface area contributed by atoms with E-state index in [1.165, 1.54) is 13.5 Å². The van der Waals surface area contributed by atoms with Gasteiger partial charge in [0.25, 0.3) is 5.91 Å². The van der Waals surface area contributed by atoms with Gasteiger partial charge in [-0.05, 0) is 80.0 Å². The Morgan fingerprint density at radius 2 is 1.95 bits per heavy atom. The molecule has 3 aliphatic rings. The molecule has 0 spiro atoms. The Kier molecular flexibility index (Phi) is 7.77. The average molecular weight is 569 g/mol. The number of aryl methyl sites for hydroxylation is 1. The van der Waals surface area contributed by atoms with Crippen LogP contribution in [0.3, 0.4) is 0 Å². The first-order chi connectivity index (χ1) is 20.4. The van der Waals surface area contributed by atoms with Gasteiger partial charge in [-0.15, -0.1) is 5.53 Å². The number of amides is 1. The predicted molar refractivity (Wildman–Crippen MR) is 162 cm³/mol. The van der Waals surface area contributed by atoms with Crippen LogP contribution in [-0.2, 0) is 4.74 Å². The number of aromatic nitrogens is 2. The molecule has 42 heavy (non-hydrogen) atoms. The zero-order valence-electron chi connectivity index (χ0n) is 24.9. The number of hydrazine groups is 2. The summed E-state index contributed by atoms with van der Waals surface area (Å²) < 4.78 is 7.02. The number of ether oxygens (including phenoxy) is 1. The fourth-order valence-electron chi connectivity index (χ4n) is 6.59. The Bertz CT molecular complexity index is 1530. The van der Waals surface area contributed by atoms with Crippen LogP contribution in [0.5, 0.6) is 0 Å². The van der Waals surface area contributed by atoms with E-state index in [2.05, 4.69) is 54.0 Å². The number of benzene rings is 2. The highest BCUT2D eigenvalue weighted by Crippen LogP contribution is 2.52. The standard InChI is InChI=1S/C33H40N6O3/c1-5-9-25-12-6-7-13-38(25)32(40)23-11-8-10-22(16-23)24-14-21(2)15-26(17-24)39-31(29(19-34-39)33(41)42-4)28-18-27(28)30-20-37(3)36-35-30/h8,10-11,14-17,19-20,25,27-28,35-36H,5-7,9,12-13,18H2,1-4H3/t25-,27-,28-/m1/s1. The van der Waals surface area contributed by atoms with E-state index < -0.39 is 0 Å². The van der Waals surface area contributed by atoms with Crippen LogP contribution in [0.1, 0.15) is 83.3 Å². The van der Waals surface area contributed by atoms with Gasteiger partial charge in [-0.25, -0.2) is 9.48 Å². The molecule has 2 N–H and O–H groups in total. The highest BCUT2D eigenvalue weighted by molar-refractivity contribution is 5.96. The maximum Gasteiger partial charge on any atom is 0.341 e. The molecule has 6 rings (SSSR count). The van der Waals surface area contributed by atoms with E-state index in [0.29, 0.717) is 11.6 Å². The monoisotopic (exact) mass is 568 g/mol. The smallest absolute Gasteiger partial charge is 0.341 e. The maximum absolute atomic E-state index is 13.7. The van der Waals surface area contributed by atoms with E-state index in [0.717, 1.165) is 78.0 Å². The summed E-state index contributed by atoms with van der Waals surface area (Å²) in [5, 5.41) is 6.57. The topological polar surface area (TPSA) is 91.7 Å². The zero-order chi connectivity index (χ0) is 29.4. The lowest BCUT2D eigenvalue weighted by Gasteiger charge is -2.36. The summed E-state index contributed by atoms with van der Waals surface area (Å²) in [5.41, 5.74) is 13.4. The first-order valence-corrected chi connectivity index (χ1v) is 15.0. The molecule has 2 aliphatic heterocycles. The number of allylic oxidation sites excluding steroid dienone is 1. The van der Waals surface area contributed by atoms with Crippen molar-refractivity contribution in [3.63, 3.8) is 0 Å². The number of methoxy groups -OCH3 is 1. The molecule has 2 aromatic carbocycles. The first-order valence-electron chi connectivity index (χ1n) is 15.0. The van der Waals surface area contributed by atoms with Gasteiger partial charge in [-0.2, -0.15) is 5.10 Å². The number of esters is 1. The summed E-state index contributed by atoms with van der Waals surface area (Å²) in [4.78, 5) is 28.5. The third kappa shape index (κ3) is 5.41. The van der Waals surface area contributed by atoms with E-state index >= 15 is 0 Å². The van der Waals surface area contributed by atoms with Crippen LogP contribution in [0.25, 0.3) is 16.8 Å². The van der Waals surface area contributed by atoms with Gasteiger partial charge < -0.3 is 15.1 Å². The molecular weight excluding hydrogens is 528 g/mol. The molecule has 9 nitrogen and oxygen atoms in total. The summed E-state index contributed by atoms with van der Waals surface area (Å²) in [5.74, 6) is 0.108. The number of carbonyl (C=O) groups excluding carboxylic acids is 2. The van der Waals surface area contributed by atoms with Gasteiger partial charge in [-0.3, -0.25) is 9.80 Å². The lowest BCUT2D eigenvalue weighted by molar-refractivity contribution is 0.0592. The number of rotatable bonds is 8. The number of carbonyl (C=O) groups is 2. The number of hydrogen-bond acceptors (Lipinski definition) is 7. The average Bonchev–Trinajstić information content (AvgIpc) is 3.45. The highest BCUT2D eigenvalue weighted by atomic mass is 16.5. The van der Waals surface area contributed by atoms with Crippen LogP contribution in [0.15, 0.2) is 60.6 Å². The van der Waals surface area contributed by atoms with Crippen molar-refractivity contribution in [1.29, 1.82) is 0 Å². The fraction of sp³-hybridized carbons (Fsp3) is 0.424. The van der Waals surface area contributed by atoms with Gasteiger partial charge >= 0.3 is 5.97 Å². The minimum absolute atomic E-state index is 0.120. The minimum Gasteiger partial charge on any atom is -0.465 e. The summed E-state index contributed by atoms with van der Waals surface area (Å²) in [7, 11) is 3.34. The predicted octanol–water partition coefficient (Wildman–Crippen LogP) is 5.33. The van der Waals surface area contributed by atoms with Gasteiger partial charge in [-0.1, -0.05) is 31.5 Å². The van der Waals surface area contributed by atoms with Crippen LogP contribution in [0.2, 0.25) is 0 Å². The van der Waals surface area contributed by atoms with Gasteiger partial charge in [0, 0.05) is 48.9 Å². The SMILES string of the molecule is CCC[C@@H]1CCCCN1C(=O)c1cccc(-c2cc(C)cc(-n3ncc(C(=O)OC)c3[C@@H]3C[C@H]3C3=CN(C)NN3)c2)c1. The molecule has 0 bridgehead atoms. The second kappa shape index (κ2) is 11.6. The lowest BCUT2D eigenvalue weighted by atomic mass is 9.96. The number of piperidine rings is 1. The van der Waals surface area contributed by atoms with Gasteiger partial charge in [0.2, 0.25) is 0 Å². The molecule has 0 radical (unpaired) electrons. The van der Waals surface area contributed by atoms with E-state index in [-0.39, 0.29) is 23.7 Å². The van der Waals surface area contributed by atoms with Gasteiger partial charge in [0.15, 0.2) is 0 Å². The van der Waals surface area contributed by atoms with Crippen molar-refractivity contribution in [2.45, 2.75) is 64.3 Å². The highest BCUT2D eigenvalue weighted by Gasteiger charge is 2.46. The van der Waals surface area contributed by atoms with E-state index in [1.807, 2.05) is 41.1 Å². The third-order valence-electron chi connectivity index (χ3n) is 8.72. The van der Waals surface area contributed by atoms with Gasteiger partial charge in [0.05, 0.1) is 24.7 Å². The molecule has 1 amide bonds. The number of likely N-dealkylation sites (tertiary alicyclic amines) is 1. The zero-order valence-corrected chi connectivity index (χ0v) is 24.9. The first kappa shape index (κ1) is 28.0. The molecule has 2 fully saturated rings. The normalized spacial score (nSPS) is 21.6. The number of hydrogen-bond donors (Lipinski definition) is 2. The summed E-state index contributed by atoms with van der Waals surface area (Å²) >= 11 is 0. The summed E-state index contributed by atoms with van der Waals surface area (Å²) in [6.45, 7) is 5.08. The van der Waals surface area contributed by atoms with Crippen molar-refractivity contribution >= 4 is 11.9 Å². The Morgan fingerprint density at radius 1 is 1.10 bits per heavy atom. The van der Waals surface area contributed by atoms with Gasteiger partial charge in [0.1, 0.15) is 5.56 Å². The Labute approximate surface area is 247 Å². The van der Waals surface area contributed by atoms with Crippen LogP contribution >= 0.6 is 0 Å². The molecule has 3 aromatic rings. The van der Waals surface area contributed by atoms with Crippen LogP contribution in [0, 0.1) is 12.8 Å². The third-order valence-corrected chi connectivity index (χ3v) is 8.72. The van der Waals surface area contributed by atoms with Crippen molar-refractivity contribution in [2.24, 2.45) is 5.92 Å². The molecule has 3 atom stereocenters. The van der Waals surface area contributed by atoms with Crippen molar-refractivity contribution in [3.05, 3.63) is 82.9 Å². The quantitative estimate of drug-likeness (QED) is 0.355. The van der Waals surface area contributed by atoms with Crippen molar-refractivity contribution in [1.82, 2.24) is 30.6 Å². The van der Waals surface area contributed by atoms with Crippen molar-refractivity contribution < 1.29 is 14.3 Å². The molecule has 9 heteroatoms. The van der Waals surface area contributed by atoms with E-state index in [1.54, 1.807) is 6.20 Å². The lowest BCUT2D eigenvalue weighted by Crippen LogP contribution is -2.43. The molecule has 1 aliphatic carbocycles. The Hall–Kier alpha value is -4.11. The molecule has 0 unspecified atom stereocenters. The van der Waals surface area contributed by atoms with Crippen LogP contribution in [-0.4, -0.2) is 58.3 Å². The summed E-state index contributed by atoms with van der Waals surface area (Å²) in [6, 6.07) is 14.6. The largest absolute Gasteiger partial charge is 0.465 e. The molecule has 1 saturated heterocycles. The minimum atomic E-state index is -0.385. The van der Waals surface area contributed by atoms with Crippen LogP contribution < -0.4 is 11.0 Å². The fourth-order valence-corrected chi connectivity index (χ4v) is 6.59. The van der Waals surface area contributed by atoms with Crippen LogP contribution in [0.4, 0.5) is 0 Å². The maximum atomic E-state index is 13.7. The van der Waals surface area contributed by atoms with E-state index in [4.69, 9.17) is 9.84 Å². The van der Waals surface area contributed by atoms with E-state index in [9.17, 15) is 9.59 Å². The Balaban J connectivity index is 1.34. The Morgan fingerprint density at radius 3 is 2.71 bits per heavy atom. The second-order valence-corrected chi connectivity index (χ2v) is 11.8. The molecule has 220 valence electrons. The van der Waals surface area contributed by atoms with Crippen molar-refractivity contribution in [3.8, 4) is 16.8 Å². The number of nitrogens with one attached hydrogen (secondary N) is 2. The second-order valence-electron chi connectivity index (χ2n) is 11.8. The molecular formula is C33H40N6O3. The molecule has 1 saturated carbocycles. The number of nitrogens with zero attached hydrogens (tertiary/aromatic N) is 4. The molecule has 3 heterocycles. The molecule has 1 aromatic heterocycles.